The Hall–Kier alpha value is -2.99. The fourth-order valence-corrected chi connectivity index (χ4v) is 2.92. The smallest absolute Gasteiger partial charge is 0.331 e. The minimum absolute atomic E-state index is 0.00379. The topological polar surface area (TPSA) is 70.0 Å². The van der Waals surface area contributed by atoms with Gasteiger partial charge < -0.3 is 5.11 Å². The van der Waals surface area contributed by atoms with E-state index in [4.69, 9.17) is 11.6 Å². The zero-order chi connectivity index (χ0) is 19.6. The molecule has 138 valence electrons. The van der Waals surface area contributed by atoms with Crippen LogP contribution in [0, 0.1) is 11.7 Å². The molecule has 27 heavy (non-hydrogen) atoms. The van der Waals surface area contributed by atoms with Crippen molar-refractivity contribution in [2.24, 2.45) is 11.0 Å². The summed E-state index contributed by atoms with van der Waals surface area (Å²) in [5, 5.41) is 15.5. The molecule has 0 spiro atoms. The highest BCUT2D eigenvalue weighted by Crippen LogP contribution is 2.28. The van der Waals surface area contributed by atoms with Gasteiger partial charge in [0.15, 0.2) is 0 Å². The van der Waals surface area contributed by atoms with Crippen molar-refractivity contribution in [1.29, 1.82) is 0 Å². The van der Waals surface area contributed by atoms with Gasteiger partial charge in [-0.05, 0) is 61.4 Å². The number of rotatable bonds is 5. The number of carbonyl (C=O) groups is 2. The monoisotopic (exact) mass is 386 g/mol. The molecule has 0 saturated carbocycles. The molecule has 1 heterocycles. The van der Waals surface area contributed by atoms with E-state index in [0.29, 0.717) is 22.0 Å². The molecule has 1 atom stereocenters. The third kappa shape index (κ3) is 4.23. The molecule has 0 fully saturated rings. The quantitative estimate of drug-likeness (QED) is 0.775. The maximum atomic E-state index is 13.1. The number of carbonyl (C=O) groups excluding carboxylic acids is 1. The summed E-state index contributed by atoms with van der Waals surface area (Å²) in [7, 11) is 0. The number of carboxylic acids is 1. The zero-order valence-electron chi connectivity index (χ0n) is 14.4. The lowest BCUT2D eigenvalue weighted by Gasteiger charge is -2.14. The number of amides is 1. The van der Waals surface area contributed by atoms with Gasteiger partial charge >= 0.3 is 5.97 Å². The SMILES string of the molecule is CC1=NN(c2ccc(F)cc2)C(=O)C1CC(=Cc1ccc(Cl)cc1)C(=O)O. The number of carboxylic acid groups (broad SMARTS) is 1. The van der Waals surface area contributed by atoms with Crippen molar-refractivity contribution >= 4 is 41.0 Å². The molecule has 1 unspecified atom stereocenters. The molecule has 5 nitrogen and oxygen atoms in total. The Bertz CT molecular complexity index is 937. The lowest BCUT2D eigenvalue weighted by Crippen LogP contribution is -2.28. The van der Waals surface area contributed by atoms with Gasteiger partial charge in [0.05, 0.1) is 11.6 Å². The van der Waals surface area contributed by atoms with Crippen molar-refractivity contribution in [3.05, 3.63) is 70.5 Å². The summed E-state index contributed by atoms with van der Waals surface area (Å²) < 4.78 is 13.1. The van der Waals surface area contributed by atoms with Crippen molar-refractivity contribution in [3.63, 3.8) is 0 Å². The first-order valence-corrected chi connectivity index (χ1v) is 8.57. The molecule has 0 aliphatic carbocycles. The van der Waals surface area contributed by atoms with Gasteiger partial charge in [0.1, 0.15) is 5.82 Å². The highest BCUT2D eigenvalue weighted by Gasteiger charge is 2.35. The maximum Gasteiger partial charge on any atom is 0.331 e. The molecule has 1 aliphatic rings. The molecule has 1 amide bonds. The second kappa shape index (κ2) is 7.72. The summed E-state index contributed by atoms with van der Waals surface area (Å²) in [6.07, 6.45) is 1.52. The second-order valence-electron chi connectivity index (χ2n) is 6.15. The number of aliphatic carboxylic acids is 1. The van der Waals surface area contributed by atoms with Gasteiger partial charge in [-0.15, -0.1) is 0 Å². The largest absolute Gasteiger partial charge is 0.478 e. The average Bonchev–Trinajstić information content (AvgIpc) is 2.91. The van der Waals surface area contributed by atoms with E-state index >= 15 is 0 Å². The van der Waals surface area contributed by atoms with Crippen LogP contribution in [-0.4, -0.2) is 22.7 Å². The highest BCUT2D eigenvalue weighted by molar-refractivity contribution is 6.30. The summed E-state index contributed by atoms with van der Waals surface area (Å²) in [6, 6.07) is 12.1. The van der Waals surface area contributed by atoms with Crippen molar-refractivity contribution in [3.8, 4) is 0 Å². The van der Waals surface area contributed by atoms with Gasteiger partial charge in [-0.3, -0.25) is 4.79 Å². The Balaban J connectivity index is 1.83. The van der Waals surface area contributed by atoms with Crippen LogP contribution < -0.4 is 5.01 Å². The molecule has 1 aliphatic heterocycles. The van der Waals surface area contributed by atoms with Crippen LogP contribution in [0.15, 0.2) is 59.2 Å². The fourth-order valence-electron chi connectivity index (χ4n) is 2.79. The first-order chi connectivity index (χ1) is 12.8. The van der Waals surface area contributed by atoms with E-state index in [-0.39, 0.29) is 17.9 Å². The van der Waals surface area contributed by atoms with Gasteiger partial charge in [0.25, 0.3) is 5.91 Å². The third-order valence-electron chi connectivity index (χ3n) is 4.25. The van der Waals surface area contributed by atoms with Crippen molar-refractivity contribution < 1.29 is 19.1 Å². The van der Waals surface area contributed by atoms with E-state index in [2.05, 4.69) is 5.10 Å². The molecule has 3 rings (SSSR count). The van der Waals surface area contributed by atoms with Gasteiger partial charge in [-0.1, -0.05) is 23.7 Å². The first kappa shape index (κ1) is 18.8. The number of hydrazone groups is 1. The van der Waals surface area contributed by atoms with Crippen molar-refractivity contribution in [1.82, 2.24) is 0 Å². The lowest BCUT2D eigenvalue weighted by molar-refractivity contribution is -0.132. The predicted molar refractivity (Wildman–Crippen MR) is 102 cm³/mol. The summed E-state index contributed by atoms with van der Waals surface area (Å²) in [6.45, 7) is 1.67. The van der Waals surface area contributed by atoms with Crippen LogP contribution in [0.1, 0.15) is 18.9 Å². The maximum absolute atomic E-state index is 13.1. The first-order valence-electron chi connectivity index (χ1n) is 8.19. The zero-order valence-corrected chi connectivity index (χ0v) is 15.2. The van der Waals surface area contributed by atoms with Gasteiger partial charge in [0, 0.05) is 16.3 Å². The molecule has 0 radical (unpaired) electrons. The van der Waals surface area contributed by atoms with E-state index in [1.165, 1.54) is 35.4 Å². The minimum atomic E-state index is -1.11. The Morgan fingerprint density at radius 2 is 1.85 bits per heavy atom. The molecule has 7 heteroatoms. The normalized spacial score (nSPS) is 17.2. The Kier molecular flexibility index (Phi) is 5.37. The number of nitrogens with zero attached hydrogens (tertiary/aromatic N) is 2. The molecule has 0 saturated heterocycles. The van der Waals surface area contributed by atoms with Gasteiger partial charge in [0.2, 0.25) is 0 Å². The summed E-state index contributed by atoms with van der Waals surface area (Å²) >= 11 is 5.84. The third-order valence-corrected chi connectivity index (χ3v) is 4.50. The number of hydrogen-bond acceptors (Lipinski definition) is 3. The van der Waals surface area contributed by atoms with Crippen LogP contribution in [0.3, 0.4) is 0 Å². The number of halogens is 2. The molecule has 2 aromatic rings. The molecule has 1 N–H and O–H groups in total. The summed E-state index contributed by atoms with van der Waals surface area (Å²) in [4.78, 5) is 24.4. The van der Waals surface area contributed by atoms with Gasteiger partial charge in [-0.2, -0.15) is 5.10 Å². The van der Waals surface area contributed by atoms with Crippen molar-refractivity contribution in [2.45, 2.75) is 13.3 Å². The predicted octanol–water partition coefficient (Wildman–Crippen LogP) is 4.38. The van der Waals surface area contributed by atoms with E-state index < -0.39 is 17.7 Å². The second-order valence-corrected chi connectivity index (χ2v) is 6.59. The highest BCUT2D eigenvalue weighted by atomic mass is 35.5. The Morgan fingerprint density at radius 1 is 1.22 bits per heavy atom. The Labute approximate surface area is 160 Å². The molecular formula is C20H16ClFN2O3. The van der Waals surface area contributed by atoms with Crippen LogP contribution in [-0.2, 0) is 9.59 Å². The number of hydrogen-bond donors (Lipinski definition) is 1. The van der Waals surface area contributed by atoms with Crippen LogP contribution in [0.25, 0.3) is 6.08 Å². The van der Waals surface area contributed by atoms with Crippen LogP contribution in [0.5, 0.6) is 0 Å². The Morgan fingerprint density at radius 3 is 2.44 bits per heavy atom. The minimum Gasteiger partial charge on any atom is -0.478 e. The molecular weight excluding hydrogens is 371 g/mol. The molecule has 0 bridgehead atoms. The summed E-state index contributed by atoms with van der Waals surface area (Å²) in [5.41, 5.74) is 1.70. The lowest BCUT2D eigenvalue weighted by atomic mass is 9.94. The van der Waals surface area contributed by atoms with Crippen molar-refractivity contribution in [2.75, 3.05) is 5.01 Å². The van der Waals surface area contributed by atoms with E-state index in [9.17, 15) is 19.1 Å². The van der Waals surface area contributed by atoms with E-state index in [0.717, 1.165) is 0 Å². The van der Waals surface area contributed by atoms with Crippen LogP contribution in [0.2, 0.25) is 5.02 Å². The fraction of sp³-hybridized carbons (Fsp3) is 0.150. The van der Waals surface area contributed by atoms with E-state index in [1.807, 2.05) is 0 Å². The molecule has 0 aromatic heterocycles. The standard InChI is InChI=1S/C20H16ClFN2O3/c1-12-18(19(25)24(23-12)17-8-6-16(22)7-9-17)11-14(20(26)27)10-13-2-4-15(21)5-3-13/h2-10,18H,11H2,1H3,(H,26,27). The summed E-state index contributed by atoms with van der Waals surface area (Å²) in [5.74, 6) is -2.56. The van der Waals surface area contributed by atoms with Gasteiger partial charge in [-0.25, -0.2) is 14.2 Å². The van der Waals surface area contributed by atoms with Crippen LogP contribution in [0.4, 0.5) is 10.1 Å². The molecule has 2 aromatic carbocycles. The number of benzene rings is 2. The number of anilines is 1. The van der Waals surface area contributed by atoms with E-state index in [1.54, 1.807) is 31.2 Å². The van der Waals surface area contributed by atoms with Crippen LogP contribution >= 0.6 is 11.6 Å². The average molecular weight is 387 g/mol.